The van der Waals surface area contributed by atoms with Gasteiger partial charge < -0.3 is 9.80 Å². The van der Waals surface area contributed by atoms with Gasteiger partial charge in [-0.25, -0.2) is 0 Å². The van der Waals surface area contributed by atoms with Gasteiger partial charge in [0.15, 0.2) is 0 Å². The van der Waals surface area contributed by atoms with E-state index >= 15 is 0 Å². The van der Waals surface area contributed by atoms with Crippen molar-refractivity contribution >= 4 is 34.4 Å². The van der Waals surface area contributed by atoms with Crippen LogP contribution in [-0.2, 0) is 0 Å². The third kappa shape index (κ3) is 3.57. The first-order valence-electron chi connectivity index (χ1n) is 13.9. The van der Waals surface area contributed by atoms with E-state index in [0.29, 0.717) is 33.0 Å². The summed E-state index contributed by atoms with van der Waals surface area (Å²) in [5, 5.41) is 0.912. The van der Waals surface area contributed by atoms with E-state index in [1.165, 1.54) is 9.80 Å². The summed E-state index contributed by atoms with van der Waals surface area (Å²) in [5.74, 6) is -1.31. The van der Waals surface area contributed by atoms with Crippen molar-refractivity contribution in [2.75, 3.05) is 28.2 Å². The summed E-state index contributed by atoms with van der Waals surface area (Å²) in [5.41, 5.74) is 1.62. The minimum absolute atomic E-state index is 0.1000. The van der Waals surface area contributed by atoms with E-state index in [0.717, 1.165) is 51.4 Å². The minimum atomic E-state index is -0.327. The van der Waals surface area contributed by atoms with Crippen LogP contribution in [0, 0.1) is 0 Å². The zero-order valence-corrected chi connectivity index (χ0v) is 22.7. The highest BCUT2D eigenvalue weighted by Crippen LogP contribution is 2.41. The molecule has 0 saturated heterocycles. The fraction of sp³-hybridized carbons (Fsp3) is 0.533. The Balaban J connectivity index is 1.46. The molecule has 0 aromatic heterocycles. The first kappa shape index (κ1) is 25.2. The third-order valence-electron chi connectivity index (χ3n) is 9.34. The highest BCUT2D eigenvalue weighted by molar-refractivity contribution is 6.33. The van der Waals surface area contributed by atoms with Gasteiger partial charge in [0.1, 0.15) is 0 Å². The van der Waals surface area contributed by atoms with Gasteiger partial charge in [-0.3, -0.25) is 29.0 Å². The predicted octanol–water partition coefficient (Wildman–Crippen LogP) is 3.78. The molecule has 4 atom stereocenters. The summed E-state index contributed by atoms with van der Waals surface area (Å²) in [6, 6.07) is 6.55. The number of benzene rings is 2. The van der Waals surface area contributed by atoms with E-state index in [4.69, 9.17) is 0 Å². The molecule has 2 aliphatic carbocycles. The normalized spacial score (nSPS) is 27.7. The first-order chi connectivity index (χ1) is 18.2. The Morgan fingerprint density at radius 1 is 0.526 bits per heavy atom. The summed E-state index contributed by atoms with van der Waals surface area (Å²) >= 11 is 0. The molecule has 38 heavy (non-hydrogen) atoms. The van der Waals surface area contributed by atoms with E-state index in [1.54, 1.807) is 24.3 Å². The highest BCUT2D eigenvalue weighted by atomic mass is 16.2. The molecule has 200 valence electrons. The summed E-state index contributed by atoms with van der Waals surface area (Å²) in [6.45, 7) is 0. The molecule has 2 fully saturated rings. The average molecular weight is 517 g/mol. The number of nitrogens with zero attached hydrogens (tertiary/aromatic N) is 4. The summed E-state index contributed by atoms with van der Waals surface area (Å²) < 4.78 is 0. The van der Waals surface area contributed by atoms with Crippen LogP contribution in [0.5, 0.6) is 0 Å². The van der Waals surface area contributed by atoms with Crippen molar-refractivity contribution in [1.29, 1.82) is 0 Å². The lowest BCUT2D eigenvalue weighted by molar-refractivity contribution is 0.0355. The Bertz CT molecular complexity index is 1190. The van der Waals surface area contributed by atoms with Crippen molar-refractivity contribution in [3.8, 4) is 0 Å². The van der Waals surface area contributed by atoms with Gasteiger partial charge in [0.2, 0.25) is 0 Å². The number of carbonyl (C=O) groups is 4. The second kappa shape index (κ2) is 9.27. The Labute approximate surface area is 223 Å². The number of hydrogen-bond acceptors (Lipinski definition) is 6. The van der Waals surface area contributed by atoms with E-state index in [9.17, 15) is 19.2 Å². The molecule has 2 aromatic rings. The number of rotatable bonds is 4. The Hall–Kier alpha value is -3.10. The number of likely N-dealkylation sites (N-methyl/N-ethyl adjacent to an activating group) is 2. The molecule has 0 unspecified atom stereocenters. The van der Waals surface area contributed by atoms with Crippen molar-refractivity contribution in [2.45, 2.75) is 75.5 Å². The number of imide groups is 2. The molecular formula is C30H36N4O4. The number of hydrogen-bond donors (Lipinski definition) is 0. The Morgan fingerprint density at radius 2 is 0.816 bits per heavy atom. The topological polar surface area (TPSA) is 81.2 Å². The van der Waals surface area contributed by atoms with Gasteiger partial charge >= 0.3 is 0 Å². The monoisotopic (exact) mass is 516 g/mol. The average Bonchev–Trinajstić information content (AvgIpc) is 2.91. The van der Waals surface area contributed by atoms with Gasteiger partial charge in [-0.2, -0.15) is 0 Å². The third-order valence-corrected chi connectivity index (χ3v) is 9.34. The van der Waals surface area contributed by atoms with Crippen molar-refractivity contribution in [1.82, 2.24) is 19.6 Å². The van der Waals surface area contributed by atoms with Crippen LogP contribution in [0.3, 0.4) is 0 Å². The van der Waals surface area contributed by atoms with Crippen LogP contribution in [0.1, 0.15) is 92.8 Å². The molecule has 0 radical (unpaired) electrons. The quantitative estimate of drug-likeness (QED) is 0.576. The molecule has 8 nitrogen and oxygen atoms in total. The van der Waals surface area contributed by atoms with E-state index < -0.39 is 0 Å². The molecular weight excluding hydrogens is 480 g/mol. The lowest BCUT2D eigenvalue weighted by atomic mass is 9.81. The summed E-state index contributed by atoms with van der Waals surface area (Å²) in [7, 11) is 7.99. The predicted molar refractivity (Wildman–Crippen MR) is 144 cm³/mol. The largest absolute Gasteiger partial charge is 0.304 e. The van der Waals surface area contributed by atoms with Gasteiger partial charge in [0.05, 0.1) is 12.1 Å². The first-order valence-corrected chi connectivity index (χ1v) is 13.9. The van der Waals surface area contributed by atoms with Crippen LogP contribution >= 0.6 is 0 Å². The standard InChI is InChI=1S/C30H36N4O4/c1-31(2)21-9-5-7-11-23(21)33-27(35)17-13-15-19-26-20(16-14-18(25(17)26)28(33)36)30(38)34(29(19)37)24-12-8-6-10-22(24)32(3)4/h13-16,21-24H,5-12H2,1-4H3/t21-,22-,23-,24-/m1/s1. The molecule has 8 heteroatoms. The zero-order chi connectivity index (χ0) is 26.9. The van der Waals surface area contributed by atoms with E-state index in [2.05, 4.69) is 9.80 Å². The van der Waals surface area contributed by atoms with Crippen molar-refractivity contribution in [2.24, 2.45) is 0 Å². The van der Waals surface area contributed by atoms with Crippen molar-refractivity contribution < 1.29 is 19.2 Å². The fourth-order valence-electron chi connectivity index (χ4n) is 7.50. The van der Waals surface area contributed by atoms with Crippen LogP contribution in [0.25, 0.3) is 10.8 Å². The van der Waals surface area contributed by atoms with Gasteiger partial charge in [-0.05, 0) is 78.1 Å². The maximum atomic E-state index is 13.9. The lowest BCUT2D eigenvalue weighted by Gasteiger charge is -2.44. The molecule has 2 heterocycles. The van der Waals surface area contributed by atoms with Crippen LogP contribution in [0.15, 0.2) is 24.3 Å². The number of carbonyl (C=O) groups excluding carboxylic acids is 4. The molecule has 2 saturated carbocycles. The smallest absolute Gasteiger partial charge is 0.261 e. The van der Waals surface area contributed by atoms with Gasteiger partial charge in [-0.15, -0.1) is 0 Å². The van der Waals surface area contributed by atoms with Crippen molar-refractivity contribution in [3.05, 3.63) is 46.5 Å². The second-order valence-corrected chi connectivity index (χ2v) is 11.8. The molecule has 4 amide bonds. The van der Waals surface area contributed by atoms with Crippen molar-refractivity contribution in [3.63, 3.8) is 0 Å². The Kier molecular flexibility index (Phi) is 6.15. The van der Waals surface area contributed by atoms with Gasteiger partial charge in [0.25, 0.3) is 23.6 Å². The van der Waals surface area contributed by atoms with Crippen LogP contribution < -0.4 is 0 Å². The molecule has 2 aromatic carbocycles. The van der Waals surface area contributed by atoms with E-state index in [-0.39, 0.29) is 47.8 Å². The molecule has 6 rings (SSSR count). The molecule has 0 spiro atoms. The van der Waals surface area contributed by atoms with Gasteiger partial charge in [0, 0.05) is 45.1 Å². The minimum Gasteiger partial charge on any atom is -0.304 e. The second-order valence-electron chi connectivity index (χ2n) is 11.8. The maximum Gasteiger partial charge on any atom is 0.261 e. The molecule has 4 aliphatic rings. The van der Waals surface area contributed by atoms with E-state index in [1.807, 2.05) is 28.2 Å². The molecule has 2 aliphatic heterocycles. The number of amides is 4. The van der Waals surface area contributed by atoms with Crippen LogP contribution in [-0.4, -0.2) is 95.6 Å². The van der Waals surface area contributed by atoms with Gasteiger partial charge in [-0.1, -0.05) is 25.7 Å². The van der Waals surface area contributed by atoms with Crippen LogP contribution in [0.4, 0.5) is 0 Å². The SMILES string of the molecule is CN(C)[C@@H]1CCCC[C@H]1N1C(=O)c2ccc3c4c(ccc(c24)C1=O)C(=O)N([C@@H]1CCCC[C@H]1N(C)C)C3=O. The lowest BCUT2D eigenvalue weighted by Crippen LogP contribution is -2.57. The fourth-order valence-corrected chi connectivity index (χ4v) is 7.50. The highest BCUT2D eigenvalue weighted by Gasteiger charge is 2.46. The summed E-state index contributed by atoms with van der Waals surface area (Å²) in [4.78, 5) is 62.7. The Morgan fingerprint density at radius 3 is 1.11 bits per heavy atom. The summed E-state index contributed by atoms with van der Waals surface area (Å²) in [6.07, 6.45) is 7.51. The van der Waals surface area contributed by atoms with Crippen LogP contribution in [0.2, 0.25) is 0 Å². The molecule has 0 bridgehead atoms. The maximum absolute atomic E-state index is 13.9. The zero-order valence-electron chi connectivity index (χ0n) is 22.7. The molecule has 0 N–H and O–H groups in total.